The molecule has 26 heavy (non-hydrogen) atoms. The number of thioether (sulfide) groups is 2. The minimum atomic E-state index is -1.04. The van der Waals surface area contributed by atoms with Gasteiger partial charge in [0.2, 0.25) is 18.2 Å². The minimum absolute atomic E-state index is 0.278. The van der Waals surface area contributed by atoms with E-state index in [9.17, 15) is 24.3 Å². The van der Waals surface area contributed by atoms with Crippen molar-refractivity contribution in [2.45, 2.75) is 50.4 Å². The van der Waals surface area contributed by atoms with Gasteiger partial charge in [-0.1, -0.05) is 0 Å². The van der Waals surface area contributed by atoms with Crippen LogP contribution in [0, 0.1) is 0 Å². The molecule has 10 heteroatoms. The van der Waals surface area contributed by atoms with Crippen LogP contribution in [-0.4, -0.2) is 82.4 Å². The molecule has 0 aromatic rings. The molecule has 3 N–H and O–H groups in total. The molecule has 0 radical (unpaired) electrons. The van der Waals surface area contributed by atoms with Crippen LogP contribution in [0.4, 0.5) is 0 Å². The number of amides is 3. The van der Waals surface area contributed by atoms with Crippen LogP contribution in [-0.2, 0) is 19.2 Å². The second kappa shape index (κ2) is 11.3. The molecule has 1 aliphatic rings. The van der Waals surface area contributed by atoms with E-state index in [4.69, 9.17) is 0 Å². The Bertz CT molecular complexity index is 520. The van der Waals surface area contributed by atoms with Crippen LogP contribution in [0.25, 0.3) is 0 Å². The zero-order valence-corrected chi connectivity index (χ0v) is 16.9. The third-order valence-electron chi connectivity index (χ3n) is 4.33. The molecule has 1 unspecified atom stereocenters. The summed E-state index contributed by atoms with van der Waals surface area (Å²) in [6.07, 6.45) is 5.42. The van der Waals surface area contributed by atoms with E-state index in [1.807, 2.05) is 12.5 Å². The third kappa shape index (κ3) is 6.08. The summed E-state index contributed by atoms with van der Waals surface area (Å²) in [5, 5.41) is 14.6. The summed E-state index contributed by atoms with van der Waals surface area (Å²) in [7, 11) is 0. The average Bonchev–Trinajstić information content (AvgIpc) is 2.86. The topological polar surface area (TPSA) is 116 Å². The lowest BCUT2D eigenvalue weighted by Crippen LogP contribution is -2.52. The van der Waals surface area contributed by atoms with Crippen molar-refractivity contribution >= 4 is 47.7 Å². The Labute approximate surface area is 162 Å². The summed E-state index contributed by atoms with van der Waals surface area (Å²) in [6.45, 7) is 1.79. The Morgan fingerprint density at radius 1 is 1.31 bits per heavy atom. The van der Waals surface area contributed by atoms with Crippen LogP contribution < -0.4 is 10.6 Å². The van der Waals surface area contributed by atoms with Crippen molar-refractivity contribution in [2.75, 3.05) is 24.0 Å². The number of likely N-dealkylation sites (tertiary alicyclic amines) is 1. The first-order chi connectivity index (χ1) is 12.4. The summed E-state index contributed by atoms with van der Waals surface area (Å²) in [4.78, 5) is 48.8. The van der Waals surface area contributed by atoms with E-state index in [-0.39, 0.29) is 11.9 Å². The summed E-state index contributed by atoms with van der Waals surface area (Å²) in [5.41, 5.74) is 0. The molecular weight excluding hydrogens is 378 g/mol. The van der Waals surface area contributed by atoms with E-state index in [0.29, 0.717) is 37.2 Å². The van der Waals surface area contributed by atoms with Gasteiger partial charge in [0.05, 0.1) is 0 Å². The molecule has 0 spiro atoms. The number of nitrogens with zero attached hydrogens (tertiary/aromatic N) is 1. The quantitative estimate of drug-likeness (QED) is 0.396. The van der Waals surface area contributed by atoms with Crippen molar-refractivity contribution < 1.29 is 24.3 Å². The van der Waals surface area contributed by atoms with Gasteiger partial charge in [-0.05, 0) is 50.2 Å². The second-order valence-electron chi connectivity index (χ2n) is 6.15. The fraction of sp³-hybridized carbons (Fsp3) is 0.750. The zero-order valence-electron chi connectivity index (χ0n) is 15.3. The van der Waals surface area contributed by atoms with E-state index < -0.39 is 30.0 Å². The highest BCUT2D eigenvalue weighted by Gasteiger charge is 2.44. The smallest absolute Gasteiger partial charge is 0.326 e. The van der Waals surface area contributed by atoms with Crippen molar-refractivity contribution in [1.29, 1.82) is 0 Å². The second-order valence-corrected chi connectivity index (χ2v) is 8.12. The van der Waals surface area contributed by atoms with Crippen LogP contribution in [0.5, 0.6) is 0 Å². The Morgan fingerprint density at radius 2 is 1.92 bits per heavy atom. The maximum absolute atomic E-state index is 12.7. The molecule has 1 fully saturated rings. The summed E-state index contributed by atoms with van der Waals surface area (Å²) >= 11 is 3.08. The maximum Gasteiger partial charge on any atom is 0.326 e. The molecular formula is C16H27N3O5S2. The molecule has 0 aromatic carbocycles. The number of rotatable bonds is 12. The first-order valence-corrected chi connectivity index (χ1v) is 11.2. The monoisotopic (exact) mass is 405 g/mol. The van der Waals surface area contributed by atoms with Crippen molar-refractivity contribution in [3.8, 4) is 0 Å². The van der Waals surface area contributed by atoms with Crippen LogP contribution in [0.15, 0.2) is 0 Å². The highest BCUT2D eigenvalue weighted by molar-refractivity contribution is 7.98. The first-order valence-electron chi connectivity index (χ1n) is 8.40. The SMILES string of the molecule is CSCC[C@H](NC=O)C(=O)N[C@H]1CC(C)N([C@@H](CCSC)C(=O)O)C1=O. The van der Waals surface area contributed by atoms with Gasteiger partial charge in [-0.3, -0.25) is 14.4 Å². The number of carbonyl (C=O) groups excluding carboxylic acids is 3. The van der Waals surface area contributed by atoms with Gasteiger partial charge in [0.25, 0.3) is 0 Å². The highest BCUT2D eigenvalue weighted by Crippen LogP contribution is 2.24. The lowest BCUT2D eigenvalue weighted by molar-refractivity contribution is -0.150. The minimum Gasteiger partial charge on any atom is -0.480 e. The van der Waals surface area contributed by atoms with E-state index in [1.165, 1.54) is 16.7 Å². The molecule has 4 atom stereocenters. The fourth-order valence-electron chi connectivity index (χ4n) is 3.03. The Balaban J connectivity index is 2.80. The first kappa shape index (κ1) is 22.6. The van der Waals surface area contributed by atoms with Crippen molar-refractivity contribution in [1.82, 2.24) is 15.5 Å². The number of carboxylic acids is 1. The molecule has 0 aliphatic carbocycles. The molecule has 1 saturated heterocycles. The van der Waals surface area contributed by atoms with Crippen molar-refractivity contribution in [3.05, 3.63) is 0 Å². The predicted octanol–water partition coefficient (Wildman–Crippen LogP) is 0.166. The van der Waals surface area contributed by atoms with Crippen LogP contribution in [0.1, 0.15) is 26.2 Å². The summed E-state index contributed by atoms with van der Waals surface area (Å²) < 4.78 is 0. The molecule has 1 aliphatic heterocycles. The van der Waals surface area contributed by atoms with Gasteiger partial charge >= 0.3 is 5.97 Å². The van der Waals surface area contributed by atoms with E-state index in [2.05, 4.69) is 10.6 Å². The third-order valence-corrected chi connectivity index (χ3v) is 5.62. The van der Waals surface area contributed by atoms with Gasteiger partial charge < -0.3 is 20.6 Å². The van der Waals surface area contributed by atoms with Crippen LogP contribution in [0.3, 0.4) is 0 Å². The van der Waals surface area contributed by atoms with Crippen molar-refractivity contribution in [2.24, 2.45) is 0 Å². The molecule has 1 rings (SSSR count). The summed E-state index contributed by atoms with van der Waals surface area (Å²) in [6, 6.07) is -2.64. The Hall–Kier alpha value is -1.42. The van der Waals surface area contributed by atoms with Crippen molar-refractivity contribution in [3.63, 3.8) is 0 Å². The average molecular weight is 406 g/mol. The molecule has 8 nitrogen and oxygen atoms in total. The molecule has 148 valence electrons. The number of hydrogen-bond donors (Lipinski definition) is 3. The van der Waals surface area contributed by atoms with Crippen LogP contribution >= 0.6 is 23.5 Å². The van der Waals surface area contributed by atoms with Gasteiger partial charge in [-0.2, -0.15) is 23.5 Å². The Kier molecular flexibility index (Phi) is 9.85. The standard InChI is InChI=1S/C16H27N3O5S2/c1-10-8-12(18-14(21)11(17-9-20)4-6-25-2)15(22)19(10)13(16(23)24)5-7-26-3/h9-13H,4-8H2,1-3H3,(H,17,20)(H,18,21)(H,23,24)/t10?,11-,12-,13-/m0/s1. The van der Waals surface area contributed by atoms with Gasteiger partial charge in [-0.15, -0.1) is 0 Å². The van der Waals surface area contributed by atoms with E-state index in [1.54, 1.807) is 18.7 Å². The van der Waals surface area contributed by atoms with E-state index in [0.717, 1.165) is 0 Å². The number of carbonyl (C=O) groups is 4. The number of aliphatic carboxylic acids is 1. The lowest BCUT2D eigenvalue weighted by Gasteiger charge is -2.28. The molecule has 3 amide bonds. The Morgan fingerprint density at radius 3 is 2.46 bits per heavy atom. The molecule has 0 saturated carbocycles. The fourth-order valence-corrected chi connectivity index (χ4v) is 3.96. The van der Waals surface area contributed by atoms with Gasteiger partial charge in [0.15, 0.2) is 0 Å². The molecule has 1 heterocycles. The molecule has 0 bridgehead atoms. The zero-order chi connectivity index (χ0) is 19.7. The maximum atomic E-state index is 12.7. The number of hydrogen-bond acceptors (Lipinski definition) is 6. The molecule has 0 aromatic heterocycles. The van der Waals surface area contributed by atoms with Crippen LogP contribution in [0.2, 0.25) is 0 Å². The highest BCUT2D eigenvalue weighted by atomic mass is 32.2. The largest absolute Gasteiger partial charge is 0.480 e. The summed E-state index contributed by atoms with van der Waals surface area (Å²) in [5.74, 6) is -0.518. The van der Waals surface area contributed by atoms with Gasteiger partial charge in [0.1, 0.15) is 18.1 Å². The van der Waals surface area contributed by atoms with Gasteiger partial charge in [0, 0.05) is 6.04 Å². The lowest BCUT2D eigenvalue weighted by atomic mass is 10.1. The normalized spacial score (nSPS) is 22.0. The van der Waals surface area contributed by atoms with Gasteiger partial charge in [-0.25, -0.2) is 4.79 Å². The van der Waals surface area contributed by atoms with E-state index >= 15 is 0 Å². The number of carboxylic acid groups (broad SMARTS) is 1. The number of nitrogens with one attached hydrogen (secondary N) is 2. The predicted molar refractivity (Wildman–Crippen MR) is 103 cm³/mol.